The second-order valence-corrected chi connectivity index (χ2v) is 5.16. The van der Waals surface area contributed by atoms with E-state index in [4.69, 9.17) is 0 Å². The molecule has 0 aromatic carbocycles. The first-order chi connectivity index (χ1) is 6.24. The maximum atomic E-state index is 4.24. The van der Waals surface area contributed by atoms with Crippen LogP contribution in [0.15, 0.2) is 21.2 Å². The largest absolute Gasteiger partial charge is 0.368 e. The normalized spacial score (nSPS) is 10.1. The molecule has 0 unspecified atom stereocenters. The lowest BCUT2D eigenvalue weighted by atomic mass is 10.4. The van der Waals surface area contributed by atoms with Crippen LogP contribution in [0.2, 0.25) is 0 Å². The molecule has 0 saturated carbocycles. The maximum Gasteiger partial charge on any atom is 0.140 e. The van der Waals surface area contributed by atoms with Crippen molar-refractivity contribution in [1.29, 1.82) is 0 Å². The van der Waals surface area contributed by atoms with Crippen LogP contribution in [0.25, 0.3) is 0 Å². The Hall–Kier alpha value is 0.260. The topological polar surface area (TPSA) is 24.9 Å². The van der Waals surface area contributed by atoms with Gasteiger partial charge in [0.15, 0.2) is 0 Å². The fraction of sp³-hybridized carbons (Fsp3) is 0.375. The van der Waals surface area contributed by atoms with Crippen molar-refractivity contribution in [2.24, 2.45) is 0 Å². The summed E-state index contributed by atoms with van der Waals surface area (Å²) in [7, 11) is 0. The third kappa shape index (κ3) is 3.87. The van der Waals surface area contributed by atoms with E-state index in [1.807, 2.05) is 17.8 Å². The highest BCUT2D eigenvalue weighted by molar-refractivity contribution is 9.11. The molecule has 0 aliphatic carbocycles. The molecule has 0 saturated heterocycles. The van der Waals surface area contributed by atoms with Gasteiger partial charge in [-0.1, -0.05) is 0 Å². The zero-order chi connectivity index (χ0) is 9.68. The quantitative estimate of drug-likeness (QED) is 0.859. The van der Waals surface area contributed by atoms with Crippen molar-refractivity contribution in [2.75, 3.05) is 23.9 Å². The number of rotatable bonds is 4. The summed E-state index contributed by atoms with van der Waals surface area (Å²) < 4.78 is 1.97. The first kappa shape index (κ1) is 11.3. The molecule has 0 atom stereocenters. The standard InChI is InChI=1S/C8H10Br2N2S/c1-13-3-2-11-8-7(10)4-6(9)5-12-8/h4-5H,2-3H2,1H3,(H,11,12). The zero-order valence-corrected chi connectivity index (χ0v) is 11.2. The summed E-state index contributed by atoms with van der Waals surface area (Å²) in [6.45, 7) is 0.939. The van der Waals surface area contributed by atoms with Crippen molar-refractivity contribution in [3.63, 3.8) is 0 Å². The molecule has 5 heteroatoms. The van der Waals surface area contributed by atoms with E-state index in [0.29, 0.717) is 0 Å². The van der Waals surface area contributed by atoms with Crippen LogP contribution in [0.4, 0.5) is 5.82 Å². The molecule has 0 aliphatic rings. The molecule has 0 bridgehead atoms. The molecule has 2 nitrogen and oxygen atoms in total. The fourth-order valence-electron chi connectivity index (χ4n) is 0.816. The Morgan fingerprint density at radius 1 is 1.54 bits per heavy atom. The van der Waals surface area contributed by atoms with Crippen LogP contribution >= 0.6 is 43.6 Å². The van der Waals surface area contributed by atoms with Crippen LogP contribution in [0, 0.1) is 0 Å². The summed E-state index contributed by atoms with van der Waals surface area (Å²) in [5.41, 5.74) is 0. The van der Waals surface area contributed by atoms with Crippen LogP contribution in [0.5, 0.6) is 0 Å². The summed E-state index contributed by atoms with van der Waals surface area (Å²) in [5, 5.41) is 3.24. The van der Waals surface area contributed by atoms with E-state index in [1.54, 1.807) is 6.20 Å². The molecule has 0 amide bonds. The molecule has 1 heterocycles. The van der Waals surface area contributed by atoms with Gasteiger partial charge in [0.2, 0.25) is 0 Å². The zero-order valence-electron chi connectivity index (χ0n) is 7.18. The van der Waals surface area contributed by atoms with Crippen molar-refractivity contribution < 1.29 is 0 Å². The minimum Gasteiger partial charge on any atom is -0.368 e. The molecule has 1 aromatic rings. The van der Waals surface area contributed by atoms with E-state index in [2.05, 4.69) is 48.4 Å². The van der Waals surface area contributed by atoms with Gasteiger partial charge in [-0.05, 0) is 44.2 Å². The highest BCUT2D eigenvalue weighted by atomic mass is 79.9. The third-order valence-electron chi connectivity index (χ3n) is 1.41. The van der Waals surface area contributed by atoms with Gasteiger partial charge < -0.3 is 5.32 Å². The number of thioether (sulfide) groups is 1. The Balaban J connectivity index is 2.56. The number of aromatic nitrogens is 1. The minimum atomic E-state index is 0.900. The molecule has 1 rings (SSSR count). The molecular weight excluding hydrogens is 316 g/mol. The number of nitrogens with one attached hydrogen (secondary N) is 1. The SMILES string of the molecule is CSCCNc1ncc(Br)cc1Br. The van der Waals surface area contributed by atoms with Gasteiger partial charge in [0, 0.05) is 23.0 Å². The van der Waals surface area contributed by atoms with Crippen LogP contribution < -0.4 is 5.32 Å². The Kier molecular flexibility index (Phi) is 5.13. The predicted octanol–water partition coefficient (Wildman–Crippen LogP) is 3.38. The van der Waals surface area contributed by atoms with Crippen LogP contribution in [-0.4, -0.2) is 23.5 Å². The minimum absolute atomic E-state index is 0.900. The first-order valence-electron chi connectivity index (χ1n) is 3.78. The van der Waals surface area contributed by atoms with Crippen LogP contribution in [0.1, 0.15) is 0 Å². The number of hydrogen-bond acceptors (Lipinski definition) is 3. The number of anilines is 1. The molecule has 72 valence electrons. The van der Waals surface area contributed by atoms with Gasteiger partial charge in [0.05, 0.1) is 4.47 Å². The van der Waals surface area contributed by atoms with Gasteiger partial charge in [-0.3, -0.25) is 0 Å². The van der Waals surface area contributed by atoms with E-state index in [1.165, 1.54) is 0 Å². The van der Waals surface area contributed by atoms with E-state index in [-0.39, 0.29) is 0 Å². The fourth-order valence-corrected chi connectivity index (χ4v) is 2.25. The average Bonchev–Trinajstić information content (AvgIpc) is 2.09. The molecule has 13 heavy (non-hydrogen) atoms. The molecular formula is C8H10Br2N2S. The molecule has 0 fully saturated rings. The number of hydrogen-bond donors (Lipinski definition) is 1. The summed E-state index contributed by atoms with van der Waals surface area (Å²) in [5.74, 6) is 1.99. The van der Waals surface area contributed by atoms with E-state index >= 15 is 0 Å². The van der Waals surface area contributed by atoms with E-state index in [9.17, 15) is 0 Å². The maximum absolute atomic E-state index is 4.24. The second-order valence-electron chi connectivity index (χ2n) is 2.40. The number of nitrogens with zero attached hydrogens (tertiary/aromatic N) is 1. The smallest absolute Gasteiger partial charge is 0.140 e. The number of pyridine rings is 1. The highest BCUT2D eigenvalue weighted by Crippen LogP contribution is 2.23. The van der Waals surface area contributed by atoms with E-state index in [0.717, 1.165) is 27.1 Å². The number of halogens is 2. The van der Waals surface area contributed by atoms with Crippen molar-refractivity contribution in [1.82, 2.24) is 4.98 Å². The second kappa shape index (κ2) is 5.88. The van der Waals surface area contributed by atoms with Gasteiger partial charge in [0.1, 0.15) is 5.82 Å². The molecule has 0 aliphatic heterocycles. The molecule has 0 spiro atoms. The monoisotopic (exact) mass is 324 g/mol. The van der Waals surface area contributed by atoms with Crippen LogP contribution in [0.3, 0.4) is 0 Å². The Labute approximate surface area is 99.2 Å². The van der Waals surface area contributed by atoms with Crippen molar-refractivity contribution in [3.8, 4) is 0 Å². The van der Waals surface area contributed by atoms with Crippen molar-refractivity contribution >= 4 is 49.4 Å². The lowest BCUT2D eigenvalue weighted by molar-refractivity contribution is 1.16. The van der Waals surface area contributed by atoms with Crippen molar-refractivity contribution in [2.45, 2.75) is 0 Å². The molecule has 1 aromatic heterocycles. The van der Waals surface area contributed by atoms with Crippen LogP contribution in [-0.2, 0) is 0 Å². The molecule has 0 radical (unpaired) electrons. The lowest BCUT2D eigenvalue weighted by Gasteiger charge is -2.06. The average molecular weight is 326 g/mol. The van der Waals surface area contributed by atoms with Gasteiger partial charge in [-0.2, -0.15) is 11.8 Å². The van der Waals surface area contributed by atoms with Gasteiger partial charge in [-0.25, -0.2) is 4.98 Å². The van der Waals surface area contributed by atoms with Gasteiger partial charge >= 0.3 is 0 Å². The summed E-state index contributed by atoms with van der Waals surface area (Å²) in [4.78, 5) is 4.24. The summed E-state index contributed by atoms with van der Waals surface area (Å²) in [6.07, 6.45) is 3.87. The Bertz CT molecular complexity index is 281. The highest BCUT2D eigenvalue weighted by Gasteiger charge is 2.00. The van der Waals surface area contributed by atoms with Gasteiger partial charge in [0.25, 0.3) is 0 Å². The third-order valence-corrected chi connectivity index (χ3v) is 3.06. The van der Waals surface area contributed by atoms with Gasteiger partial charge in [-0.15, -0.1) is 0 Å². The summed E-state index contributed by atoms with van der Waals surface area (Å²) >= 11 is 8.61. The first-order valence-corrected chi connectivity index (χ1v) is 6.76. The Morgan fingerprint density at radius 2 is 2.31 bits per heavy atom. The lowest BCUT2D eigenvalue weighted by Crippen LogP contribution is -2.05. The van der Waals surface area contributed by atoms with E-state index < -0.39 is 0 Å². The Morgan fingerprint density at radius 3 is 2.92 bits per heavy atom. The molecule has 1 N–H and O–H groups in total. The predicted molar refractivity (Wildman–Crippen MR) is 66.5 cm³/mol. The summed E-state index contributed by atoms with van der Waals surface area (Å²) in [6, 6.07) is 1.98. The van der Waals surface area contributed by atoms with Crippen molar-refractivity contribution in [3.05, 3.63) is 21.2 Å².